The predicted molar refractivity (Wildman–Crippen MR) is 119 cm³/mol. The molecule has 2 amide bonds. The Kier molecular flexibility index (Phi) is 10.8. The molecule has 0 aromatic rings. The average Bonchev–Trinajstić information content (AvgIpc) is 2.67. The van der Waals surface area contributed by atoms with Crippen molar-refractivity contribution >= 4 is 18.0 Å². The first kappa shape index (κ1) is 27.2. The third-order valence-electron chi connectivity index (χ3n) is 5.53. The highest BCUT2D eigenvalue weighted by Gasteiger charge is 2.36. The lowest BCUT2D eigenvalue weighted by Crippen LogP contribution is -2.54. The van der Waals surface area contributed by atoms with Crippen LogP contribution < -0.4 is 0 Å². The number of hydrogen-bond donors (Lipinski definition) is 1. The molecule has 0 bridgehead atoms. The molecule has 0 heterocycles. The molecule has 1 fully saturated rings. The maximum absolute atomic E-state index is 13.3. The molecule has 1 N–H and O–H groups in total. The zero-order valence-corrected chi connectivity index (χ0v) is 20.3. The maximum Gasteiger partial charge on any atom is 0.410 e. The Hall–Kier alpha value is -1.83. The van der Waals surface area contributed by atoms with Crippen LogP contribution in [0.15, 0.2) is 0 Å². The van der Waals surface area contributed by atoms with Crippen LogP contribution in [0.2, 0.25) is 0 Å². The standard InChI is InChI=1S/C23H42N2O6/c1-16(2)15-19(25(7)22(29)31-23(3,4)5)20(26)24(6)18(21(27)28)13-14-30-17-11-9-8-10-12-17/h16-19H,8-15H2,1-7H3,(H,27,28). The zero-order chi connectivity index (χ0) is 23.8. The van der Waals surface area contributed by atoms with Crippen molar-refractivity contribution in [3.63, 3.8) is 0 Å². The van der Waals surface area contributed by atoms with E-state index >= 15 is 0 Å². The van der Waals surface area contributed by atoms with E-state index in [0.717, 1.165) is 25.7 Å². The van der Waals surface area contributed by atoms with Crippen molar-refractivity contribution < 1.29 is 29.0 Å². The Bertz CT molecular complexity index is 595. The number of carbonyl (C=O) groups excluding carboxylic acids is 2. The summed E-state index contributed by atoms with van der Waals surface area (Å²) in [5.41, 5.74) is -0.692. The van der Waals surface area contributed by atoms with E-state index in [1.165, 1.54) is 30.3 Å². The molecule has 8 heteroatoms. The van der Waals surface area contributed by atoms with E-state index in [9.17, 15) is 19.5 Å². The molecule has 31 heavy (non-hydrogen) atoms. The molecule has 0 aromatic carbocycles. The predicted octanol–water partition coefficient (Wildman–Crippen LogP) is 3.92. The second-order valence-corrected chi connectivity index (χ2v) is 9.96. The molecule has 0 aliphatic heterocycles. The monoisotopic (exact) mass is 442 g/mol. The third-order valence-corrected chi connectivity index (χ3v) is 5.53. The fraction of sp³-hybridized carbons (Fsp3) is 0.870. The first-order valence-electron chi connectivity index (χ1n) is 11.4. The van der Waals surface area contributed by atoms with Gasteiger partial charge in [-0.15, -0.1) is 0 Å². The van der Waals surface area contributed by atoms with Crippen LogP contribution in [0.25, 0.3) is 0 Å². The summed E-state index contributed by atoms with van der Waals surface area (Å²) in [6, 6.07) is -1.82. The fourth-order valence-corrected chi connectivity index (χ4v) is 3.78. The van der Waals surface area contributed by atoms with Crippen LogP contribution in [-0.4, -0.2) is 77.4 Å². The highest BCUT2D eigenvalue weighted by atomic mass is 16.6. The first-order chi connectivity index (χ1) is 14.3. The molecule has 2 unspecified atom stereocenters. The molecule has 2 atom stereocenters. The number of carboxylic acids is 1. The van der Waals surface area contributed by atoms with Gasteiger partial charge in [0, 0.05) is 27.1 Å². The van der Waals surface area contributed by atoms with Gasteiger partial charge in [-0.05, 0) is 46.0 Å². The number of amides is 2. The highest BCUT2D eigenvalue weighted by molar-refractivity contribution is 5.89. The molecule has 1 aliphatic carbocycles. The van der Waals surface area contributed by atoms with Gasteiger partial charge in [-0.25, -0.2) is 9.59 Å². The van der Waals surface area contributed by atoms with Gasteiger partial charge in [-0.1, -0.05) is 33.1 Å². The van der Waals surface area contributed by atoms with E-state index in [0.29, 0.717) is 6.42 Å². The molecular weight excluding hydrogens is 400 g/mol. The number of carboxylic acid groups (broad SMARTS) is 1. The van der Waals surface area contributed by atoms with Gasteiger partial charge < -0.3 is 19.5 Å². The Morgan fingerprint density at radius 1 is 1.00 bits per heavy atom. The van der Waals surface area contributed by atoms with Crippen molar-refractivity contribution in [2.75, 3.05) is 20.7 Å². The smallest absolute Gasteiger partial charge is 0.410 e. The summed E-state index contributed by atoms with van der Waals surface area (Å²) >= 11 is 0. The summed E-state index contributed by atoms with van der Waals surface area (Å²) in [4.78, 5) is 40.3. The lowest BCUT2D eigenvalue weighted by Gasteiger charge is -2.35. The normalized spacial score (nSPS) is 17.2. The Morgan fingerprint density at radius 3 is 2.06 bits per heavy atom. The Morgan fingerprint density at radius 2 is 1.58 bits per heavy atom. The largest absolute Gasteiger partial charge is 0.480 e. The number of aliphatic carboxylic acids is 1. The van der Waals surface area contributed by atoms with Crippen molar-refractivity contribution in [2.45, 2.75) is 103 Å². The number of hydrogen-bond acceptors (Lipinski definition) is 5. The number of rotatable bonds is 10. The first-order valence-corrected chi connectivity index (χ1v) is 11.4. The molecule has 0 saturated heterocycles. The Labute approximate surface area is 187 Å². The number of likely N-dealkylation sites (N-methyl/N-ethyl adjacent to an activating group) is 2. The summed E-state index contributed by atoms with van der Waals surface area (Å²) < 4.78 is 11.3. The van der Waals surface area contributed by atoms with E-state index in [2.05, 4.69) is 0 Å². The Balaban J connectivity index is 2.85. The minimum Gasteiger partial charge on any atom is -0.480 e. The van der Waals surface area contributed by atoms with Crippen molar-refractivity contribution in [3.05, 3.63) is 0 Å². The van der Waals surface area contributed by atoms with E-state index < -0.39 is 35.7 Å². The second kappa shape index (κ2) is 12.3. The number of nitrogens with zero attached hydrogens (tertiary/aromatic N) is 2. The summed E-state index contributed by atoms with van der Waals surface area (Å²) in [6.45, 7) is 9.48. The van der Waals surface area contributed by atoms with Crippen molar-refractivity contribution in [1.82, 2.24) is 9.80 Å². The average molecular weight is 443 g/mol. The SMILES string of the molecule is CC(C)CC(C(=O)N(C)C(CCOC1CCCCC1)C(=O)O)N(C)C(=O)OC(C)(C)C. The molecule has 1 aliphatic rings. The summed E-state index contributed by atoms with van der Waals surface area (Å²) in [5, 5.41) is 9.74. The summed E-state index contributed by atoms with van der Waals surface area (Å²) in [6.07, 6.45) is 5.69. The van der Waals surface area contributed by atoms with Gasteiger partial charge in [0.15, 0.2) is 0 Å². The molecule has 0 radical (unpaired) electrons. The van der Waals surface area contributed by atoms with Crippen LogP contribution in [0.1, 0.15) is 79.6 Å². The zero-order valence-electron chi connectivity index (χ0n) is 20.3. The van der Waals surface area contributed by atoms with Crippen LogP contribution in [-0.2, 0) is 19.1 Å². The van der Waals surface area contributed by atoms with Crippen LogP contribution in [0, 0.1) is 5.92 Å². The van der Waals surface area contributed by atoms with Crippen LogP contribution in [0.4, 0.5) is 4.79 Å². The molecular formula is C23H42N2O6. The second-order valence-electron chi connectivity index (χ2n) is 9.96. The molecule has 0 aromatic heterocycles. The molecule has 8 nitrogen and oxygen atoms in total. The number of carbonyl (C=O) groups is 3. The highest BCUT2D eigenvalue weighted by Crippen LogP contribution is 2.22. The lowest BCUT2D eigenvalue weighted by atomic mass is 9.98. The fourth-order valence-electron chi connectivity index (χ4n) is 3.78. The maximum atomic E-state index is 13.3. The quantitative estimate of drug-likeness (QED) is 0.551. The van der Waals surface area contributed by atoms with Crippen LogP contribution in [0.3, 0.4) is 0 Å². The van der Waals surface area contributed by atoms with E-state index in [1.807, 2.05) is 13.8 Å². The van der Waals surface area contributed by atoms with Crippen molar-refractivity contribution in [3.8, 4) is 0 Å². The molecule has 1 saturated carbocycles. The minimum absolute atomic E-state index is 0.130. The van der Waals surface area contributed by atoms with Gasteiger partial charge in [0.25, 0.3) is 0 Å². The van der Waals surface area contributed by atoms with Gasteiger partial charge in [0.1, 0.15) is 17.7 Å². The van der Waals surface area contributed by atoms with Crippen molar-refractivity contribution in [2.24, 2.45) is 5.92 Å². The summed E-state index contributed by atoms with van der Waals surface area (Å²) in [7, 11) is 3.01. The minimum atomic E-state index is -1.08. The van der Waals surface area contributed by atoms with E-state index in [4.69, 9.17) is 9.47 Å². The van der Waals surface area contributed by atoms with Crippen LogP contribution in [0.5, 0.6) is 0 Å². The summed E-state index contributed by atoms with van der Waals surface area (Å²) in [5.74, 6) is -1.36. The van der Waals surface area contributed by atoms with Gasteiger partial charge >= 0.3 is 12.1 Å². The third kappa shape index (κ3) is 9.46. The molecule has 0 spiro atoms. The van der Waals surface area contributed by atoms with Gasteiger partial charge in [-0.3, -0.25) is 9.69 Å². The van der Waals surface area contributed by atoms with E-state index in [1.54, 1.807) is 20.8 Å². The topological polar surface area (TPSA) is 96.4 Å². The van der Waals surface area contributed by atoms with Crippen LogP contribution >= 0.6 is 0 Å². The molecule has 1 rings (SSSR count). The van der Waals surface area contributed by atoms with Gasteiger partial charge in [-0.2, -0.15) is 0 Å². The van der Waals surface area contributed by atoms with Crippen molar-refractivity contribution in [1.29, 1.82) is 0 Å². The van der Waals surface area contributed by atoms with Gasteiger partial charge in [0.2, 0.25) is 5.91 Å². The molecule has 180 valence electrons. The number of ether oxygens (including phenoxy) is 2. The lowest BCUT2D eigenvalue weighted by molar-refractivity contribution is -0.152. The van der Waals surface area contributed by atoms with E-state index in [-0.39, 0.29) is 25.0 Å². The van der Waals surface area contributed by atoms with Gasteiger partial charge in [0.05, 0.1) is 6.10 Å².